The van der Waals surface area contributed by atoms with Crippen molar-refractivity contribution in [3.8, 4) is 17.1 Å². The molecule has 2 N–H and O–H groups in total. The Labute approximate surface area is 117 Å². The highest BCUT2D eigenvalue weighted by Gasteiger charge is 2.13. The van der Waals surface area contributed by atoms with Crippen molar-refractivity contribution in [2.75, 3.05) is 12.9 Å². The molecular weight excluding hydrogens is 284 g/mol. The zero-order chi connectivity index (χ0) is 14.5. The first-order valence-corrected chi connectivity index (χ1v) is 6.41. The van der Waals surface area contributed by atoms with Crippen LogP contribution in [0.1, 0.15) is 0 Å². The van der Waals surface area contributed by atoms with Crippen LogP contribution in [0.3, 0.4) is 0 Å². The number of thioether (sulfide) groups is 1. The van der Waals surface area contributed by atoms with Gasteiger partial charge in [-0.05, 0) is 23.4 Å². The molecule has 0 aliphatic heterocycles. The molecule has 0 aliphatic carbocycles. The number of carboxylic acid groups (broad SMARTS) is 1. The van der Waals surface area contributed by atoms with Crippen LogP contribution in [-0.2, 0) is 4.79 Å². The van der Waals surface area contributed by atoms with E-state index in [4.69, 9.17) is 9.84 Å². The minimum absolute atomic E-state index is 0.135. The molecule has 0 saturated heterocycles. The summed E-state index contributed by atoms with van der Waals surface area (Å²) in [6, 6.07) is 4.63. The van der Waals surface area contributed by atoms with Crippen LogP contribution in [0.2, 0.25) is 0 Å². The predicted octanol–water partition coefficient (Wildman–Crippen LogP) is 2.05. The Bertz CT molecular complexity index is 643. The maximum Gasteiger partial charge on any atom is 0.313 e. The number of carbonyl (C=O) groups is 1. The van der Waals surface area contributed by atoms with Crippen molar-refractivity contribution >= 4 is 23.4 Å². The average Bonchev–Trinajstić information content (AvgIpc) is 2.93. The molecule has 104 valence electrons. The van der Waals surface area contributed by atoms with Crippen LogP contribution >= 0.6 is 11.8 Å². The summed E-state index contributed by atoms with van der Waals surface area (Å²) in [5.41, 5.74) is 0.760. The number of aromatic nitrogens is 3. The lowest BCUT2D eigenvalue weighted by Gasteiger charge is -2.05. The smallest absolute Gasteiger partial charge is 0.313 e. The van der Waals surface area contributed by atoms with Gasteiger partial charge in [-0.15, -0.1) is 10.0 Å². The van der Waals surface area contributed by atoms with E-state index in [1.807, 2.05) is 0 Å². The third kappa shape index (κ3) is 3.12. The molecule has 0 amide bonds. The molecule has 0 radical (unpaired) electrons. The van der Waals surface area contributed by atoms with E-state index in [1.54, 1.807) is 6.07 Å². The molecule has 1 aromatic heterocycles. The van der Waals surface area contributed by atoms with Crippen molar-refractivity contribution in [2.24, 2.45) is 5.18 Å². The lowest BCUT2D eigenvalue weighted by molar-refractivity contribution is -0.133. The van der Waals surface area contributed by atoms with Crippen LogP contribution in [-0.4, -0.2) is 39.1 Å². The molecule has 0 atom stereocenters. The van der Waals surface area contributed by atoms with Gasteiger partial charge in [-0.2, -0.15) is 0 Å². The minimum atomic E-state index is -0.953. The van der Waals surface area contributed by atoms with E-state index in [-0.39, 0.29) is 11.4 Å². The molecule has 2 aromatic rings. The van der Waals surface area contributed by atoms with Crippen molar-refractivity contribution in [2.45, 2.75) is 5.16 Å². The Morgan fingerprint density at radius 2 is 2.35 bits per heavy atom. The molecule has 1 aromatic carbocycles. The number of hydrogen-bond donors (Lipinski definition) is 2. The molecule has 0 unspecified atom stereocenters. The Morgan fingerprint density at radius 1 is 1.55 bits per heavy atom. The van der Waals surface area contributed by atoms with Gasteiger partial charge in [-0.3, -0.25) is 9.89 Å². The molecule has 0 bridgehead atoms. The van der Waals surface area contributed by atoms with Gasteiger partial charge in [0.05, 0.1) is 18.4 Å². The number of rotatable bonds is 6. The number of carboxylic acids is 1. The topological polar surface area (TPSA) is 118 Å². The number of hydrogen-bond acceptors (Lipinski definition) is 7. The molecular formula is C11H10N4O4S. The number of nitroso groups, excluding NO2 is 1. The highest BCUT2D eigenvalue weighted by molar-refractivity contribution is 7.99. The predicted molar refractivity (Wildman–Crippen MR) is 72.2 cm³/mol. The first kappa shape index (κ1) is 14.0. The highest BCUT2D eigenvalue weighted by atomic mass is 32.2. The van der Waals surface area contributed by atoms with Crippen LogP contribution < -0.4 is 4.74 Å². The molecule has 0 fully saturated rings. The van der Waals surface area contributed by atoms with Gasteiger partial charge in [-0.25, -0.2) is 4.98 Å². The summed E-state index contributed by atoms with van der Waals surface area (Å²) in [6.45, 7) is 0. The second-order valence-electron chi connectivity index (χ2n) is 3.62. The van der Waals surface area contributed by atoms with Crippen molar-refractivity contribution in [3.63, 3.8) is 0 Å². The van der Waals surface area contributed by atoms with Crippen LogP contribution in [0.5, 0.6) is 5.75 Å². The van der Waals surface area contributed by atoms with E-state index in [0.717, 1.165) is 11.8 Å². The van der Waals surface area contributed by atoms with Gasteiger partial charge >= 0.3 is 5.97 Å². The summed E-state index contributed by atoms with van der Waals surface area (Å²) >= 11 is 0.988. The number of nitrogens with zero attached hydrogens (tertiary/aromatic N) is 3. The number of methoxy groups -OCH3 is 1. The molecule has 0 spiro atoms. The second-order valence-corrected chi connectivity index (χ2v) is 4.57. The molecule has 8 nitrogen and oxygen atoms in total. The van der Waals surface area contributed by atoms with Crippen molar-refractivity contribution in [3.05, 3.63) is 23.1 Å². The van der Waals surface area contributed by atoms with Gasteiger partial charge < -0.3 is 9.84 Å². The summed E-state index contributed by atoms with van der Waals surface area (Å²) < 4.78 is 5.17. The van der Waals surface area contributed by atoms with E-state index < -0.39 is 5.97 Å². The van der Waals surface area contributed by atoms with E-state index in [1.165, 1.54) is 19.2 Å². The van der Waals surface area contributed by atoms with Crippen molar-refractivity contribution in [1.29, 1.82) is 0 Å². The van der Waals surface area contributed by atoms with E-state index >= 15 is 0 Å². The number of nitrogens with one attached hydrogen (secondary N) is 1. The lowest BCUT2D eigenvalue weighted by Crippen LogP contribution is -1.97. The second kappa shape index (κ2) is 6.15. The summed E-state index contributed by atoms with van der Waals surface area (Å²) in [7, 11) is 1.49. The number of H-pyrrole nitrogens is 1. The fourth-order valence-corrected chi connectivity index (χ4v) is 2.01. The van der Waals surface area contributed by atoms with Gasteiger partial charge in [0.1, 0.15) is 11.4 Å². The summed E-state index contributed by atoms with van der Waals surface area (Å²) in [4.78, 5) is 25.2. The maximum absolute atomic E-state index is 10.6. The summed E-state index contributed by atoms with van der Waals surface area (Å²) in [5.74, 6) is -0.209. The molecule has 20 heavy (non-hydrogen) atoms. The maximum atomic E-state index is 10.6. The SMILES string of the molecule is COc1ccc(N=O)cc1-c1nc(SCC(=O)O)n[nH]1. The van der Waals surface area contributed by atoms with Crippen LogP contribution in [0.15, 0.2) is 28.5 Å². The molecule has 0 saturated carbocycles. The van der Waals surface area contributed by atoms with Crippen LogP contribution in [0.4, 0.5) is 5.69 Å². The normalized spacial score (nSPS) is 10.2. The fourth-order valence-electron chi connectivity index (χ4n) is 1.50. The Hall–Kier alpha value is -2.42. The minimum Gasteiger partial charge on any atom is -0.496 e. The van der Waals surface area contributed by atoms with Crippen molar-refractivity contribution in [1.82, 2.24) is 15.2 Å². The molecule has 1 heterocycles. The Kier molecular flexibility index (Phi) is 4.31. The summed E-state index contributed by atoms with van der Waals surface area (Å²) in [5, 5.41) is 18.3. The monoisotopic (exact) mass is 294 g/mol. The van der Waals surface area contributed by atoms with Gasteiger partial charge in [-0.1, -0.05) is 11.8 Å². The van der Waals surface area contributed by atoms with E-state index in [9.17, 15) is 9.70 Å². The Balaban J connectivity index is 2.31. The zero-order valence-electron chi connectivity index (χ0n) is 10.4. The fraction of sp³-hybridized carbons (Fsp3) is 0.182. The van der Waals surface area contributed by atoms with E-state index in [0.29, 0.717) is 22.3 Å². The average molecular weight is 294 g/mol. The summed E-state index contributed by atoms with van der Waals surface area (Å²) in [6.07, 6.45) is 0. The quantitative estimate of drug-likeness (QED) is 0.618. The molecule has 9 heteroatoms. The standard InChI is InChI=1S/C11H10N4O4S/c1-19-8-3-2-6(15-18)4-7(8)10-12-11(14-13-10)20-5-9(16)17/h2-4H,5H2,1H3,(H,16,17)(H,12,13,14). The number of aliphatic carboxylic acids is 1. The Morgan fingerprint density at radius 3 is 3.00 bits per heavy atom. The molecule has 0 aliphatic rings. The number of benzene rings is 1. The van der Waals surface area contributed by atoms with Gasteiger partial charge in [0.15, 0.2) is 5.82 Å². The lowest BCUT2D eigenvalue weighted by atomic mass is 10.1. The van der Waals surface area contributed by atoms with Gasteiger partial charge in [0.2, 0.25) is 5.16 Å². The number of aromatic amines is 1. The van der Waals surface area contributed by atoms with Crippen LogP contribution in [0.25, 0.3) is 11.4 Å². The van der Waals surface area contributed by atoms with Crippen LogP contribution in [0, 0.1) is 4.91 Å². The van der Waals surface area contributed by atoms with Crippen molar-refractivity contribution < 1.29 is 14.6 Å². The number of ether oxygens (including phenoxy) is 1. The first-order chi connectivity index (χ1) is 9.63. The molecule has 2 rings (SSSR count). The van der Waals surface area contributed by atoms with Gasteiger partial charge in [0.25, 0.3) is 0 Å². The third-order valence-corrected chi connectivity index (χ3v) is 3.17. The van der Waals surface area contributed by atoms with E-state index in [2.05, 4.69) is 20.4 Å². The third-order valence-electron chi connectivity index (χ3n) is 2.33. The highest BCUT2D eigenvalue weighted by Crippen LogP contribution is 2.32. The zero-order valence-corrected chi connectivity index (χ0v) is 11.2. The van der Waals surface area contributed by atoms with Gasteiger partial charge in [0, 0.05) is 0 Å². The first-order valence-electron chi connectivity index (χ1n) is 5.43. The largest absolute Gasteiger partial charge is 0.496 e.